The fourth-order valence-corrected chi connectivity index (χ4v) is 5.30. The van der Waals surface area contributed by atoms with E-state index in [-0.39, 0.29) is 17.9 Å². The summed E-state index contributed by atoms with van der Waals surface area (Å²) in [6, 6.07) is 3.40. The van der Waals surface area contributed by atoms with Crippen LogP contribution in [0, 0.1) is 5.92 Å². The molecule has 1 saturated heterocycles. The first kappa shape index (κ1) is 17.4. The van der Waals surface area contributed by atoms with Crippen molar-refractivity contribution in [3.8, 4) is 0 Å². The maximum Gasteiger partial charge on any atom is 0.225 e. The Labute approximate surface area is 143 Å². The van der Waals surface area contributed by atoms with Crippen LogP contribution in [0.25, 0.3) is 0 Å². The molecule has 0 aromatic carbocycles. The summed E-state index contributed by atoms with van der Waals surface area (Å²) in [7, 11) is -1.82. The largest absolute Gasteiger partial charge is 0.340 e. The number of hydrogen-bond acceptors (Lipinski definition) is 4. The average molecular weight is 351 g/mol. The summed E-state index contributed by atoms with van der Waals surface area (Å²) in [5, 5.41) is -0.494. The first-order valence-corrected chi connectivity index (χ1v) is 10.1. The second kappa shape index (κ2) is 6.80. The van der Waals surface area contributed by atoms with E-state index in [1.807, 2.05) is 13.0 Å². The number of carbonyl (C=O) groups excluding carboxylic acids is 1. The molecule has 0 bridgehead atoms. The highest BCUT2D eigenvalue weighted by molar-refractivity contribution is 7.89. The summed E-state index contributed by atoms with van der Waals surface area (Å²) in [6.45, 7) is 2.50. The van der Waals surface area contributed by atoms with Crippen molar-refractivity contribution in [3.63, 3.8) is 0 Å². The van der Waals surface area contributed by atoms with Gasteiger partial charge < -0.3 is 4.90 Å². The smallest absolute Gasteiger partial charge is 0.225 e. The van der Waals surface area contributed by atoms with Gasteiger partial charge in [-0.05, 0) is 31.4 Å². The average Bonchev–Trinajstić information content (AvgIpc) is 3.07. The molecule has 2 fully saturated rings. The number of hydrogen-bond donors (Lipinski definition) is 0. The van der Waals surface area contributed by atoms with Gasteiger partial charge in [-0.2, -0.15) is 4.31 Å². The van der Waals surface area contributed by atoms with Gasteiger partial charge in [-0.15, -0.1) is 0 Å². The molecular weight excluding hydrogens is 326 g/mol. The molecule has 1 amide bonds. The Balaban J connectivity index is 1.61. The Hall–Kier alpha value is -1.47. The lowest BCUT2D eigenvalue weighted by Crippen LogP contribution is -2.60. The number of rotatable bonds is 5. The number of likely N-dealkylation sites (tertiary alicyclic amines) is 1. The number of aromatic nitrogens is 1. The van der Waals surface area contributed by atoms with Crippen LogP contribution in [-0.4, -0.2) is 53.9 Å². The molecule has 1 aromatic heterocycles. The Morgan fingerprint density at radius 3 is 2.58 bits per heavy atom. The summed E-state index contributed by atoms with van der Waals surface area (Å²) < 4.78 is 27.0. The predicted molar refractivity (Wildman–Crippen MR) is 91.7 cm³/mol. The second-order valence-corrected chi connectivity index (χ2v) is 9.14. The summed E-state index contributed by atoms with van der Waals surface area (Å²) in [4.78, 5) is 18.1. The highest BCUT2D eigenvalue weighted by Gasteiger charge is 2.44. The van der Waals surface area contributed by atoms with Crippen molar-refractivity contribution in [2.75, 3.05) is 20.1 Å². The standard InChI is InChI=1S/C17H25N3O3S/c1-13(15-8-5-9-18-10-15)19(2)24(22,23)16-11-20(12-16)17(21)14-6-3-4-7-14/h5,8-10,13-14,16H,3-4,6-7,11-12H2,1-2H3/t13-/m0/s1. The molecule has 7 heteroatoms. The minimum Gasteiger partial charge on any atom is -0.340 e. The van der Waals surface area contributed by atoms with Crippen LogP contribution in [0.15, 0.2) is 24.5 Å². The van der Waals surface area contributed by atoms with Gasteiger partial charge in [0.25, 0.3) is 0 Å². The number of pyridine rings is 1. The van der Waals surface area contributed by atoms with Gasteiger partial charge in [0.15, 0.2) is 0 Å². The van der Waals surface area contributed by atoms with Gasteiger partial charge >= 0.3 is 0 Å². The fourth-order valence-electron chi connectivity index (χ4n) is 3.53. The van der Waals surface area contributed by atoms with Gasteiger partial charge in [0.2, 0.25) is 15.9 Å². The van der Waals surface area contributed by atoms with Crippen LogP contribution in [0.1, 0.15) is 44.2 Å². The third-order valence-electron chi connectivity index (χ3n) is 5.40. The second-order valence-electron chi connectivity index (χ2n) is 6.87. The van der Waals surface area contributed by atoms with Gasteiger partial charge in [-0.3, -0.25) is 9.78 Å². The van der Waals surface area contributed by atoms with Crippen LogP contribution < -0.4 is 0 Å². The molecule has 0 unspecified atom stereocenters. The molecule has 0 radical (unpaired) electrons. The molecule has 0 N–H and O–H groups in total. The van der Waals surface area contributed by atoms with E-state index in [1.54, 1.807) is 30.4 Å². The quantitative estimate of drug-likeness (QED) is 0.811. The van der Waals surface area contributed by atoms with E-state index in [4.69, 9.17) is 0 Å². The van der Waals surface area contributed by atoms with Crippen LogP contribution in [0.4, 0.5) is 0 Å². The van der Waals surface area contributed by atoms with Crippen molar-refractivity contribution in [1.82, 2.24) is 14.2 Å². The highest BCUT2D eigenvalue weighted by Crippen LogP contribution is 2.31. The van der Waals surface area contributed by atoms with Crippen molar-refractivity contribution in [3.05, 3.63) is 30.1 Å². The molecule has 0 spiro atoms. The lowest BCUT2D eigenvalue weighted by atomic mass is 10.0. The lowest BCUT2D eigenvalue weighted by Gasteiger charge is -2.42. The molecule has 6 nitrogen and oxygen atoms in total. The van der Waals surface area contributed by atoms with Gasteiger partial charge in [-0.25, -0.2) is 8.42 Å². The number of carbonyl (C=O) groups is 1. The number of nitrogens with zero attached hydrogens (tertiary/aromatic N) is 3. The summed E-state index contributed by atoms with van der Waals surface area (Å²) in [5.74, 6) is 0.252. The molecule has 2 heterocycles. The van der Waals surface area contributed by atoms with Crippen molar-refractivity contribution in [2.45, 2.75) is 43.9 Å². The zero-order chi connectivity index (χ0) is 17.3. The molecule has 1 atom stereocenters. The monoisotopic (exact) mass is 351 g/mol. The molecule has 3 rings (SSSR count). The van der Waals surface area contributed by atoms with Gasteiger partial charge in [0.05, 0.1) is 0 Å². The zero-order valence-electron chi connectivity index (χ0n) is 14.3. The number of sulfonamides is 1. The first-order chi connectivity index (χ1) is 11.4. The Bertz CT molecular complexity index is 680. The summed E-state index contributed by atoms with van der Waals surface area (Å²) >= 11 is 0. The van der Waals surface area contributed by atoms with Crippen LogP contribution in [-0.2, 0) is 14.8 Å². The summed E-state index contributed by atoms with van der Waals surface area (Å²) in [6.07, 6.45) is 7.47. The van der Waals surface area contributed by atoms with Gasteiger partial charge in [0, 0.05) is 44.5 Å². The van der Waals surface area contributed by atoms with E-state index < -0.39 is 15.3 Å². The van der Waals surface area contributed by atoms with Crippen molar-refractivity contribution >= 4 is 15.9 Å². The lowest BCUT2D eigenvalue weighted by molar-refractivity contribution is -0.138. The molecule has 1 saturated carbocycles. The van der Waals surface area contributed by atoms with Gasteiger partial charge in [0.1, 0.15) is 5.25 Å². The van der Waals surface area contributed by atoms with Gasteiger partial charge in [-0.1, -0.05) is 18.9 Å². The van der Waals surface area contributed by atoms with Crippen molar-refractivity contribution in [2.24, 2.45) is 5.92 Å². The van der Waals surface area contributed by atoms with Crippen LogP contribution >= 0.6 is 0 Å². The third kappa shape index (κ3) is 3.19. The van der Waals surface area contributed by atoms with Crippen molar-refractivity contribution < 1.29 is 13.2 Å². The van der Waals surface area contributed by atoms with E-state index >= 15 is 0 Å². The van der Waals surface area contributed by atoms with E-state index in [0.717, 1.165) is 31.2 Å². The Morgan fingerprint density at radius 2 is 2.00 bits per heavy atom. The first-order valence-electron chi connectivity index (χ1n) is 8.57. The third-order valence-corrected chi connectivity index (χ3v) is 7.66. The maximum absolute atomic E-state index is 12.8. The van der Waals surface area contributed by atoms with E-state index in [1.165, 1.54) is 4.31 Å². The van der Waals surface area contributed by atoms with E-state index in [0.29, 0.717) is 13.1 Å². The van der Waals surface area contributed by atoms with Crippen LogP contribution in [0.5, 0.6) is 0 Å². The minimum atomic E-state index is -3.43. The van der Waals surface area contributed by atoms with Crippen LogP contribution in [0.2, 0.25) is 0 Å². The molecule has 132 valence electrons. The zero-order valence-corrected chi connectivity index (χ0v) is 15.1. The van der Waals surface area contributed by atoms with E-state index in [9.17, 15) is 13.2 Å². The Morgan fingerprint density at radius 1 is 1.33 bits per heavy atom. The summed E-state index contributed by atoms with van der Waals surface area (Å²) in [5.41, 5.74) is 0.863. The molecule has 1 aliphatic carbocycles. The minimum absolute atomic E-state index is 0.112. The topological polar surface area (TPSA) is 70.6 Å². The van der Waals surface area contributed by atoms with E-state index in [2.05, 4.69) is 4.98 Å². The Kier molecular flexibility index (Phi) is 4.92. The molecule has 2 aliphatic rings. The molecule has 24 heavy (non-hydrogen) atoms. The van der Waals surface area contributed by atoms with Crippen LogP contribution in [0.3, 0.4) is 0 Å². The molecule has 1 aliphatic heterocycles. The molecule has 1 aromatic rings. The predicted octanol–water partition coefficient (Wildman–Crippen LogP) is 1.81. The fraction of sp³-hybridized carbons (Fsp3) is 0.647. The normalized spacial score (nSPS) is 21.0. The maximum atomic E-state index is 12.8. The molecular formula is C17H25N3O3S. The SMILES string of the molecule is C[C@@H](c1cccnc1)N(C)S(=O)(=O)C1CN(C(=O)C2CCCC2)C1. The highest BCUT2D eigenvalue weighted by atomic mass is 32.2. The number of amides is 1. The van der Waals surface area contributed by atoms with Crippen molar-refractivity contribution in [1.29, 1.82) is 0 Å².